The SMILES string of the molecule is CN(C)/C=C(\C=C(\Cl)C=O)C1(C)C=c2c(c(-c3ccc(C(=O)O)cc3)cn2CC2CCCCC2)=CC1. The lowest BCUT2D eigenvalue weighted by molar-refractivity contribution is -0.104. The molecule has 6 heteroatoms. The first-order valence-corrected chi connectivity index (χ1v) is 13.0. The van der Waals surface area contributed by atoms with Gasteiger partial charge in [0, 0.05) is 54.6 Å². The molecule has 0 saturated heterocycles. The van der Waals surface area contributed by atoms with Crippen molar-refractivity contribution >= 4 is 36.0 Å². The van der Waals surface area contributed by atoms with E-state index in [9.17, 15) is 14.7 Å². The fraction of sp³-hybridized carbons (Fsp3) is 0.400. The van der Waals surface area contributed by atoms with Crippen molar-refractivity contribution < 1.29 is 14.7 Å². The minimum absolute atomic E-state index is 0.181. The first kappa shape index (κ1) is 26.0. The van der Waals surface area contributed by atoms with Crippen molar-refractivity contribution in [2.24, 2.45) is 11.3 Å². The summed E-state index contributed by atoms with van der Waals surface area (Å²) >= 11 is 6.17. The highest BCUT2D eigenvalue weighted by Crippen LogP contribution is 2.37. The van der Waals surface area contributed by atoms with E-state index in [1.165, 1.54) is 42.7 Å². The molecule has 4 rings (SSSR count). The second-order valence-corrected chi connectivity index (χ2v) is 11.0. The Morgan fingerprint density at radius 1 is 1.19 bits per heavy atom. The zero-order valence-electron chi connectivity index (χ0n) is 21.3. The topological polar surface area (TPSA) is 62.5 Å². The van der Waals surface area contributed by atoms with Crippen molar-refractivity contribution in [1.29, 1.82) is 0 Å². The van der Waals surface area contributed by atoms with Gasteiger partial charge in [-0.15, -0.1) is 0 Å². The number of allylic oxidation sites excluding steroid dienone is 3. The third kappa shape index (κ3) is 5.67. The van der Waals surface area contributed by atoms with Crippen molar-refractivity contribution in [2.45, 2.75) is 52.0 Å². The summed E-state index contributed by atoms with van der Waals surface area (Å²) in [5.74, 6) is -0.267. The lowest BCUT2D eigenvalue weighted by Gasteiger charge is -2.30. The van der Waals surface area contributed by atoms with Crippen molar-refractivity contribution in [2.75, 3.05) is 14.1 Å². The third-order valence-electron chi connectivity index (χ3n) is 7.43. The number of aldehydes is 1. The first-order chi connectivity index (χ1) is 17.2. The highest BCUT2D eigenvalue weighted by Gasteiger charge is 2.29. The fourth-order valence-electron chi connectivity index (χ4n) is 5.47. The molecule has 1 aromatic heterocycles. The number of aromatic carboxylic acids is 1. The van der Waals surface area contributed by atoms with Crippen LogP contribution in [-0.2, 0) is 11.3 Å². The van der Waals surface area contributed by atoms with Crippen LogP contribution in [0.4, 0.5) is 0 Å². The molecule has 0 amide bonds. The molecular weight excluding hydrogens is 472 g/mol. The number of benzene rings is 1. The smallest absolute Gasteiger partial charge is 0.335 e. The summed E-state index contributed by atoms with van der Waals surface area (Å²) in [5, 5.41) is 11.9. The van der Waals surface area contributed by atoms with Crippen molar-refractivity contribution in [3.63, 3.8) is 0 Å². The van der Waals surface area contributed by atoms with Gasteiger partial charge in [-0.2, -0.15) is 0 Å². The zero-order valence-corrected chi connectivity index (χ0v) is 22.1. The van der Waals surface area contributed by atoms with Crippen LogP contribution < -0.4 is 10.6 Å². The Labute approximate surface area is 218 Å². The number of carboxylic acids is 1. The molecule has 2 aromatic rings. The lowest BCUT2D eigenvalue weighted by atomic mass is 9.76. The predicted octanol–water partition coefficient (Wildman–Crippen LogP) is 5.17. The van der Waals surface area contributed by atoms with E-state index in [1.54, 1.807) is 18.2 Å². The Morgan fingerprint density at radius 3 is 2.50 bits per heavy atom. The van der Waals surface area contributed by atoms with Crippen LogP contribution in [0.3, 0.4) is 0 Å². The molecule has 1 N–H and O–H groups in total. The average Bonchev–Trinajstić information content (AvgIpc) is 3.20. The molecule has 1 aromatic carbocycles. The van der Waals surface area contributed by atoms with Crippen LogP contribution >= 0.6 is 11.6 Å². The van der Waals surface area contributed by atoms with Gasteiger partial charge in [0.1, 0.15) is 0 Å². The zero-order chi connectivity index (χ0) is 25.9. The van der Waals surface area contributed by atoms with E-state index in [0.717, 1.165) is 29.7 Å². The first-order valence-electron chi connectivity index (χ1n) is 12.7. The number of fused-ring (bicyclic) bond motifs is 1. The van der Waals surface area contributed by atoms with E-state index in [2.05, 4.69) is 29.8 Å². The minimum atomic E-state index is -0.920. The molecular formula is C30H35ClN2O3. The summed E-state index contributed by atoms with van der Waals surface area (Å²) in [4.78, 5) is 24.6. The number of hydrogen-bond acceptors (Lipinski definition) is 3. The van der Waals surface area contributed by atoms with Crippen molar-refractivity contribution in [3.05, 3.63) is 69.5 Å². The third-order valence-corrected chi connectivity index (χ3v) is 7.63. The van der Waals surface area contributed by atoms with Gasteiger partial charge in [-0.3, -0.25) is 4.79 Å². The molecule has 2 aliphatic rings. The van der Waals surface area contributed by atoms with Crippen molar-refractivity contribution in [3.8, 4) is 11.1 Å². The molecule has 0 bridgehead atoms. The monoisotopic (exact) mass is 506 g/mol. The summed E-state index contributed by atoms with van der Waals surface area (Å²) in [7, 11) is 3.93. The maximum absolute atomic E-state index is 11.4. The van der Waals surface area contributed by atoms with Gasteiger partial charge < -0.3 is 14.6 Å². The van der Waals surface area contributed by atoms with Crippen LogP contribution in [0.1, 0.15) is 55.8 Å². The Kier molecular flexibility index (Phi) is 7.89. The number of aromatic nitrogens is 1. The molecule has 0 spiro atoms. The molecule has 2 aliphatic carbocycles. The van der Waals surface area contributed by atoms with Gasteiger partial charge in [0.05, 0.1) is 10.6 Å². The maximum atomic E-state index is 11.4. The van der Waals surface area contributed by atoms with E-state index in [4.69, 9.17) is 11.6 Å². The Morgan fingerprint density at radius 2 is 1.89 bits per heavy atom. The molecule has 1 atom stereocenters. The summed E-state index contributed by atoms with van der Waals surface area (Å²) in [5.41, 5.74) is 3.06. The van der Waals surface area contributed by atoms with E-state index >= 15 is 0 Å². The molecule has 1 unspecified atom stereocenters. The number of hydrogen-bond donors (Lipinski definition) is 1. The predicted molar refractivity (Wildman–Crippen MR) is 146 cm³/mol. The molecule has 0 radical (unpaired) electrons. The Balaban J connectivity index is 1.86. The van der Waals surface area contributed by atoms with E-state index in [0.29, 0.717) is 12.2 Å². The molecule has 0 aliphatic heterocycles. The largest absolute Gasteiger partial charge is 0.478 e. The second kappa shape index (κ2) is 10.9. The van der Waals surface area contributed by atoms with Crippen LogP contribution in [0.25, 0.3) is 23.3 Å². The van der Waals surface area contributed by atoms with Gasteiger partial charge in [-0.05, 0) is 60.6 Å². The number of carboxylic acid groups (broad SMARTS) is 1. The number of carbonyl (C=O) groups excluding carboxylic acids is 1. The van der Waals surface area contributed by atoms with E-state index in [1.807, 2.05) is 37.3 Å². The molecule has 36 heavy (non-hydrogen) atoms. The minimum Gasteiger partial charge on any atom is -0.478 e. The molecule has 1 heterocycles. The van der Waals surface area contributed by atoms with Gasteiger partial charge in [-0.1, -0.05) is 56.0 Å². The number of halogens is 1. The maximum Gasteiger partial charge on any atom is 0.335 e. The fourth-order valence-corrected chi connectivity index (χ4v) is 5.59. The molecule has 1 saturated carbocycles. The summed E-state index contributed by atoms with van der Waals surface area (Å²) in [6, 6.07) is 7.14. The quantitative estimate of drug-likeness (QED) is 0.305. The van der Waals surface area contributed by atoms with Gasteiger partial charge in [0.2, 0.25) is 0 Å². The lowest BCUT2D eigenvalue weighted by Crippen LogP contribution is -2.38. The summed E-state index contributed by atoms with van der Waals surface area (Å²) in [6.07, 6.45) is 18.5. The normalized spacial score (nSPS) is 20.8. The standard InChI is InChI=1S/C30H35ClN2O3/c1-30(24(18-32(2)3)15-25(31)20-34)14-13-26-27(22-9-11-23(12-10-22)29(35)36)19-33(28(26)16-30)17-21-7-5-4-6-8-21/h9-13,15-16,18-21H,4-8,14,17H2,1-3H3,(H,35,36)/b24-18+,25-15+. The van der Waals surface area contributed by atoms with E-state index < -0.39 is 5.97 Å². The molecule has 1 fully saturated rings. The van der Waals surface area contributed by atoms with E-state index in [-0.39, 0.29) is 16.0 Å². The van der Waals surface area contributed by atoms with Crippen LogP contribution in [0.15, 0.2) is 53.3 Å². The highest BCUT2D eigenvalue weighted by atomic mass is 35.5. The number of carbonyl (C=O) groups is 2. The van der Waals surface area contributed by atoms with Crippen molar-refractivity contribution in [1.82, 2.24) is 9.47 Å². The highest BCUT2D eigenvalue weighted by molar-refractivity contribution is 6.38. The number of rotatable bonds is 8. The van der Waals surface area contributed by atoms with Gasteiger partial charge in [0.15, 0.2) is 6.29 Å². The van der Waals surface area contributed by atoms with Crippen LogP contribution in [-0.4, -0.2) is 40.9 Å². The van der Waals surface area contributed by atoms with Crippen LogP contribution in [0, 0.1) is 11.3 Å². The van der Waals surface area contributed by atoms with Gasteiger partial charge in [-0.25, -0.2) is 4.79 Å². The number of nitrogens with zero attached hydrogens (tertiary/aromatic N) is 2. The van der Waals surface area contributed by atoms with Crippen LogP contribution in [0.2, 0.25) is 0 Å². The van der Waals surface area contributed by atoms with Crippen LogP contribution in [0.5, 0.6) is 0 Å². The molecule has 190 valence electrons. The van der Waals surface area contributed by atoms with Gasteiger partial charge in [0.25, 0.3) is 0 Å². The summed E-state index contributed by atoms with van der Waals surface area (Å²) < 4.78 is 2.39. The average molecular weight is 507 g/mol. The summed E-state index contributed by atoms with van der Waals surface area (Å²) in [6.45, 7) is 3.15. The van der Waals surface area contributed by atoms with Gasteiger partial charge >= 0.3 is 5.97 Å². The Hall–Kier alpha value is -3.05. The molecule has 5 nitrogen and oxygen atoms in total. The second-order valence-electron chi connectivity index (χ2n) is 10.5. The Bertz CT molecular complexity index is 1310.